The highest BCUT2D eigenvalue weighted by Gasteiger charge is 2.46. The summed E-state index contributed by atoms with van der Waals surface area (Å²) in [5.41, 5.74) is 32.6. The Morgan fingerprint density at radius 3 is 1.24 bits per heavy atom. The van der Waals surface area contributed by atoms with Gasteiger partial charge >= 0.3 is 0 Å². The van der Waals surface area contributed by atoms with Crippen molar-refractivity contribution in [2.75, 3.05) is 116 Å². The van der Waals surface area contributed by atoms with Crippen LogP contribution in [0, 0.1) is 47.4 Å². The predicted molar refractivity (Wildman–Crippen MR) is 493 cm³/mol. The molecule has 18 rings (SSSR count). The number of aliphatic hydroxyl groups excluding tert-OH is 2. The molecular formula is C95H98N24O16. The molecule has 7 atom stereocenters. The number of likely N-dealkylation sites (tertiary alicyclic amines) is 4. The van der Waals surface area contributed by atoms with Crippen LogP contribution in [0.4, 0.5) is 23.1 Å². The minimum absolute atomic E-state index is 0.00474. The zero-order chi connectivity index (χ0) is 96.3. The number of carbonyl (C=O) groups excluding carboxylic acids is 9. The number of methoxy groups -OCH3 is 1. The van der Waals surface area contributed by atoms with Gasteiger partial charge in [-0.15, -0.1) is 0 Å². The second-order valence-corrected chi connectivity index (χ2v) is 33.8. The number of pyridine rings is 4. The lowest BCUT2D eigenvalue weighted by molar-refractivity contribution is -0.138. The molecule has 135 heavy (non-hydrogen) atoms. The zero-order valence-electron chi connectivity index (χ0n) is 74.5. The van der Waals surface area contributed by atoms with Gasteiger partial charge in [0.1, 0.15) is 23.5 Å². The Hall–Kier alpha value is -15.8. The molecule has 11 aromatic rings. The van der Waals surface area contributed by atoms with Crippen molar-refractivity contribution in [3.63, 3.8) is 0 Å². The number of hydrazine groups is 1. The Balaban J connectivity index is 0.000000137. The van der Waals surface area contributed by atoms with Gasteiger partial charge in [-0.2, -0.15) is 15.3 Å². The molecule has 9 amide bonds. The molecular weight excluding hydrogens is 1730 g/mol. The van der Waals surface area contributed by atoms with Crippen LogP contribution in [0.1, 0.15) is 122 Å². The molecule has 7 aliphatic rings. The number of carbonyl (C=O) groups is 9. The first kappa shape index (κ1) is 93.9. The molecule has 694 valence electrons. The molecule has 4 aromatic carbocycles. The van der Waals surface area contributed by atoms with Crippen LogP contribution in [0.3, 0.4) is 0 Å². The van der Waals surface area contributed by atoms with E-state index in [1.54, 1.807) is 157 Å². The van der Waals surface area contributed by atoms with Gasteiger partial charge in [0.25, 0.3) is 41.4 Å². The topological polar surface area (TPSA) is 557 Å². The van der Waals surface area contributed by atoms with Crippen molar-refractivity contribution in [3.8, 4) is 70.3 Å². The number of benzene rings is 4. The molecule has 0 aliphatic carbocycles. The summed E-state index contributed by atoms with van der Waals surface area (Å²) in [4.78, 5) is 138. The summed E-state index contributed by atoms with van der Waals surface area (Å²) in [6.07, 6.45) is 8.71. The third-order valence-corrected chi connectivity index (χ3v) is 24.1. The number of aromatic nitrogens is 10. The third kappa shape index (κ3) is 19.8. The van der Waals surface area contributed by atoms with E-state index in [-0.39, 0.29) is 48.7 Å². The number of nitrogens with two attached hydrogens (primary N) is 5. The highest BCUT2D eigenvalue weighted by Crippen LogP contribution is 2.39. The Morgan fingerprint density at radius 1 is 0.496 bits per heavy atom. The second-order valence-electron chi connectivity index (χ2n) is 33.8. The summed E-state index contributed by atoms with van der Waals surface area (Å²) in [5, 5.41) is 78.4. The number of primary amides is 4. The first-order valence-corrected chi connectivity index (χ1v) is 43.2. The minimum atomic E-state index is -1.71. The van der Waals surface area contributed by atoms with Crippen molar-refractivity contribution in [1.29, 1.82) is 0 Å². The maximum absolute atomic E-state index is 12.3. The molecule has 0 radical (unpaired) electrons. The lowest BCUT2D eigenvalue weighted by atomic mass is 10.0. The molecule has 1 unspecified atom stereocenters. The first-order chi connectivity index (χ1) is 64.4. The van der Waals surface area contributed by atoms with Crippen LogP contribution in [0.2, 0.25) is 0 Å². The first-order valence-electron chi connectivity index (χ1n) is 43.2. The number of fused-ring (bicyclic) bond motifs is 4. The van der Waals surface area contributed by atoms with Crippen LogP contribution in [-0.4, -0.2) is 293 Å². The minimum Gasteiger partial charge on any atom is -0.481 e. The molecule has 7 aromatic heterocycles. The highest BCUT2D eigenvalue weighted by atomic mass is 16.5. The fraction of sp³-hybridized carbons (Fsp3) is 0.326. The van der Waals surface area contributed by atoms with Crippen LogP contribution >= 0.6 is 0 Å². The van der Waals surface area contributed by atoms with Crippen molar-refractivity contribution in [3.05, 3.63) is 197 Å². The smallest absolute Gasteiger partial charge is 0.269 e. The van der Waals surface area contributed by atoms with E-state index in [1.807, 2.05) is 52.3 Å². The van der Waals surface area contributed by atoms with E-state index in [4.69, 9.17) is 33.4 Å². The van der Waals surface area contributed by atoms with Crippen LogP contribution in [0.5, 0.6) is 5.88 Å². The van der Waals surface area contributed by atoms with Crippen molar-refractivity contribution >= 4 is 109 Å². The summed E-state index contributed by atoms with van der Waals surface area (Å²) in [6, 6.07) is 34.7. The molecule has 0 saturated carbocycles. The van der Waals surface area contributed by atoms with E-state index in [1.165, 1.54) is 32.9 Å². The highest BCUT2D eigenvalue weighted by molar-refractivity contribution is 6.07. The van der Waals surface area contributed by atoms with Crippen LogP contribution in [0.25, 0.3) is 49.8 Å². The molecule has 0 bridgehead atoms. The number of β-amino-alcohol motifs (C(OH)–C–C–N with tert-alkyl or cyclic N) is 2. The lowest BCUT2D eigenvalue weighted by Gasteiger charge is -2.20. The van der Waals surface area contributed by atoms with Gasteiger partial charge in [-0.25, -0.2) is 39.4 Å². The van der Waals surface area contributed by atoms with Crippen LogP contribution < -0.4 is 53.6 Å². The Labute approximate surface area is 773 Å². The number of likely N-dealkylation sites (N-methyl/N-ethyl adjacent to an activating group) is 4. The summed E-state index contributed by atoms with van der Waals surface area (Å²) in [6.45, 7) is 4.95. The predicted octanol–water partition coefficient (Wildman–Crippen LogP) is 0.449. The normalized spacial score (nSPS) is 20.9. The molecule has 17 N–H and O–H groups in total. The molecule has 40 heteroatoms. The SMILES string of the molecule is CN(Cc1ccc2c(c1)C(C(N)=O)NN2c1cc(C#C[C@]2(O)CCN(C)C2=O)ccn1)C(=O)CCCN.CN1CC[C@@](O)(C#Cc2cccc(-n3nc(C(N)=O)c4cnc(N5CC[C@@H](O)C5)cc43)c2)C1=O.CN1CC[C@@](O)(C#Cc2cccc(-n3nc(C(N)=O)c4cnc(N5CC[C@H](O)C5)cc43)c2)C1=O.COc1cc2c(cn1)c(C(N)=O)nn2-c1cccc(C#C[C@]2(O)CCN(C)C2=O)c1. The van der Waals surface area contributed by atoms with E-state index in [2.05, 4.69) is 88.0 Å². The van der Waals surface area contributed by atoms with Gasteiger partial charge in [-0.3, -0.25) is 48.2 Å². The number of hydrogen-bond donors (Lipinski definition) is 12. The van der Waals surface area contributed by atoms with E-state index in [9.17, 15) is 73.8 Å². The van der Waals surface area contributed by atoms with Gasteiger partial charge in [0, 0.05) is 197 Å². The van der Waals surface area contributed by atoms with E-state index >= 15 is 0 Å². The number of aliphatic hydroxyl groups is 6. The van der Waals surface area contributed by atoms with Gasteiger partial charge in [-0.1, -0.05) is 71.6 Å². The molecule has 7 aliphatic heterocycles. The zero-order valence-corrected chi connectivity index (χ0v) is 74.5. The maximum atomic E-state index is 12.3. The van der Waals surface area contributed by atoms with Crippen LogP contribution in [-0.2, 0) is 35.3 Å². The van der Waals surface area contributed by atoms with Gasteiger partial charge in [0.2, 0.25) is 40.1 Å². The third-order valence-electron chi connectivity index (χ3n) is 24.1. The summed E-state index contributed by atoms with van der Waals surface area (Å²) >= 11 is 0. The molecule has 40 nitrogen and oxygen atoms in total. The average Bonchev–Trinajstić information content (AvgIpc) is 1.62. The quantitative estimate of drug-likeness (QED) is 0.0584. The number of hydrogen-bond acceptors (Lipinski definition) is 28. The lowest BCUT2D eigenvalue weighted by Crippen LogP contribution is -2.37. The van der Waals surface area contributed by atoms with Crippen LogP contribution in [0.15, 0.2) is 146 Å². The molecule has 14 heterocycles. The van der Waals surface area contributed by atoms with Crippen molar-refractivity contribution in [2.45, 2.75) is 98.6 Å². The van der Waals surface area contributed by atoms with E-state index in [0.717, 1.165) is 5.56 Å². The standard InChI is InChI=1S/C26H31N7O4.2C24H24N6O4.C21H19N5O4/c1-31-13-10-26(37,25(31)36)9-7-17-8-12-29-21(15-17)33-20-6-5-18(14-19(20)23(30-33)24(28)35)16-32(2)22(34)4-3-11-27;2*1-28-10-8-24(34,23(28)33)7-5-15-3-2-4-16(11-15)30-19-12-20(29-9-6-17(31)14-29)26-13-18(19)21(27-30)22(25)32;1-25-9-8-21(29,20(25)28)7-6-13-4-3-5-14(10-13)26-16-11-17(30-2)23-12-15(16)18(24-26)19(22)27/h5-6,8,12,14-15,23,30,37H,3-4,10-11,13,16,27H2,1-2H3,(H2,28,35);2*2-4,11-13,17,31,34H,6,8-10,14H2,1H3,(H2,25,32);3-5,10-12,29H,8-9H2,1-2H3,(H2,22,27)/t23?,26-;17-,24+;17-,24-;21-/m0100/s1. The van der Waals surface area contributed by atoms with Gasteiger partial charge in [-0.05, 0) is 110 Å². The number of nitrogens with one attached hydrogen (secondary N) is 1. The summed E-state index contributed by atoms with van der Waals surface area (Å²) in [7, 11) is 9.74. The number of anilines is 4. The molecule has 6 saturated heterocycles. The van der Waals surface area contributed by atoms with Crippen molar-refractivity contribution in [2.24, 2.45) is 28.7 Å². The van der Waals surface area contributed by atoms with Gasteiger partial charge in [0.05, 0.1) is 74.8 Å². The summed E-state index contributed by atoms with van der Waals surface area (Å²) in [5.74, 6) is 20.3. The van der Waals surface area contributed by atoms with Gasteiger partial charge < -0.3 is 98.3 Å². The fourth-order valence-corrected chi connectivity index (χ4v) is 16.4. The van der Waals surface area contributed by atoms with Crippen molar-refractivity contribution < 1.29 is 78.5 Å². The number of rotatable bonds is 16. The second kappa shape index (κ2) is 38.6. The fourth-order valence-electron chi connectivity index (χ4n) is 16.4. The Bertz CT molecular complexity index is 6680. The Kier molecular flexibility index (Phi) is 26.8. The Morgan fingerprint density at radius 2 is 0.889 bits per heavy atom. The van der Waals surface area contributed by atoms with Gasteiger partial charge in [0.15, 0.2) is 17.1 Å². The monoisotopic (exact) mass is 1830 g/mol. The molecule has 0 spiro atoms. The van der Waals surface area contributed by atoms with Crippen molar-refractivity contribution in [1.82, 2.24) is 79.2 Å². The maximum Gasteiger partial charge on any atom is 0.269 e. The number of nitrogens with zero attached hydrogens (tertiary/aromatic N) is 18. The number of ether oxygens (including phenoxy) is 1. The van der Waals surface area contributed by atoms with E-state index in [0.29, 0.717) is 198 Å². The largest absolute Gasteiger partial charge is 0.481 e. The number of amides is 9. The molecule has 6 fully saturated rings. The average molecular weight is 1830 g/mol. The van der Waals surface area contributed by atoms with E-state index < -0.39 is 87.9 Å². The summed E-state index contributed by atoms with van der Waals surface area (Å²) < 4.78 is 9.92.